The molecule has 0 spiro atoms. The van der Waals surface area contributed by atoms with E-state index in [1.807, 2.05) is 12.1 Å². The minimum atomic E-state index is -3.70. The first-order valence-corrected chi connectivity index (χ1v) is 9.46. The second-order valence-electron chi connectivity index (χ2n) is 5.36. The molecule has 2 rings (SSSR count). The molecule has 0 amide bonds. The van der Waals surface area contributed by atoms with Gasteiger partial charge < -0.3 is 5.11 Å². The summed E-state index contributed by atoms with van der Waals surface area (Å²) >= 11 is 0. The summed E-state index contributed by atoms with van der Waals surface area (Å²) in [6.45, 7) is 14.4. The van der Waals surface area contributed by atoms with Crippen LogP contribution in [0.4, 0.5) is 0 Å². The van der Waals surface area contributed by atoms with Gasteiger partial charge >= 0.3 is 39.9 Å². The zero-order chi connectivity index (χ0) is 23.6. The molecule has 1 heterocycles. The molecule has 1 aromatic heterocycles. The van der Waals surface area contributed by atoms with Crippen molar-refractivity contribution >= 4 is 16.0 Å². The molecular formula is C19H19N3O7STc. The molecule has 31 heavy (non-hydrogen) atoms. The molecule has 2 aromatic rings. The van der Waals surface area contributed by atoms with E-state index in [1.165, 1.54) is 12.1 Å². The van der Waals surface area contributed by atoms with Crippen LogP contribution in [-0.2, 0) is 61.8 Å². The third kappa shape index (κ3) is 15.1. The molecule has 165 valence electrons. The van der Waals surface area contributed by atoms with Crippen molar-refractivity contribution in [2.24, 2.45) is 5.14 Å². The molecule has 12 heteroatoms. The molecule has 0 aliphatic carbocycles. The van der Waals surface area contributed by atoms with Crippen LogP contribution in [0.1, 0.15) is 11.3 Å². The Kier molecular flexibility index (Phi) is 20.9. The predicted molar refractivity (Wildman–Crippen MR) is 100 cm³/mol. The van der Waals surface area contributed by atoms with Crippen molar-refractivity contribution in [3.05, 3.63) is 79.9 Å². The summed E-state index contributed by atoms with van der Waals surface area (Å²) in [6, 6.07) is 11.8. The van der Waals surface area contributed by atoms with Gasteiger partial charge in [0.15, 0.2) is 0 Å². The maximum absolute atomic E-state index is 11.2. The second kappa shape index (κ2) is 19.5. The zero-order valence-corrected chi connectivity index (χ0v) is 18.8. The van der Waals surface area contributed by atoms with E-state index in [0.717, 1.165) is 11.3 Å². The molecule has 3 N–H and O–H groups in total. The third-order valence-corrected chi connectivity index (χ3v) is 4.37. The maximum atomic E-state index is 11.2. The van der Waals surface area contributed by atoms with E-state index in [9.17, 15) is 13.2 Å². The Morgan fingerprint density at radius 2 is 1.58 bits per heavy atom. The van der Waals surface area contributed by atoms with Crippen molar-refractivity contribution < 1.29 is 52.4 Å². The molecule has 10 nitrogen and oxygen atoms in total. The van der Waals surface area contributed by atoms with Crippen LogP contribution in [0, 0.1) is 20.0 Å². The third-order valence-electron chi connectivity index (χ3n) is 3.44. The average molecular weight is 532 g/mol. The molecule has 0 saturated heterocycles. The van der Waals surface area contributed by atoms with Gasteiger partial charge in [-0.05, 0) is 36.2 Å². The quantitative estimate of drug-likeness (QED) is 0.375. The molecule has 0 aliphatic rings. The van der Waals surface area contributed by atoms with Crippen LogP contribution in [0.2, 0.25) is 0 Å². The van der Waals surface area contributed by atoms with Crippen molar-refractivity contribution in [3.8, 4) is 0 Å². The van der Waals surface area contributed by atoms with Crippen molar-refractivity contribution in [1.82, 2.24) is 9.88 Å². The molecule has 1 radical (unpaired) electrons. The van der Waals surface area contributed by atoms with Gasteiger partial charge in [-0.1, -0.05) is 18.2 Å². The number of aromatic nitrogens is 1. The topological polar surface area (TPSA) is 173 Å². The van der Waals surface area contributed by atoms with Gasteiger partial charge in [0.05, 0.1) is 17.1 Å². The van der Waals surface area contributed by atoms with Crippen molar-refractivity contribution in [2.45, 2.75) is 17.9 Å². The summed E-state index contributed by atoms with van der Waals surface area (Å²) in [6.07, 6.45) is 2.26. The molecule has 0 aliphatic heterocycles. The van der Waals surface area contributed by atoms with Gasteiger partial charge in [-0.3, -0.25) is 14.7 Å². The van der Waals surface area contributed by atoms with Gasteiger partial charge in [-0.25, -0.2) is 13.6 Å². The van der Waals surface area contributed by atoms with E-state index in [-0.39, 0.29) is 31.5 Å². The monoisotopic (exact) mass is 532 g/mol. The number of nitrogens with zero attached hydrogens (tertiary/aromatic N) is 2. The van der Waals surface area contributed by atoms with Crippen LogP contribution in [0.5, 0.6) is 0 Å². The number of sulfonamides is 1. The fourth-order valence-electron chi connectivity index (χ4n) is 2.26. The minimum absolute atomic E-state index is 0. The summed E-state index contributed by atoms with van der Waals surface area (Å²) in [5.74, 6) is -0.907. The zero-order valence-electron chi connectivity index (χ0n) is 16.1. The first kappa shape index (κ1) is 33.2. The van der Waals surface area contributed by atoms with Gasteiger partial charge in [0.25, 0.3) is 0 Å². The number of primary sulfonamides is 1. The van der Waals surface area contributed by atoms with Gasteiger partial charge in [-0.15, -0.1) is 0 Å². The van der Waals surface area contributed by atoms with Crippen LogP contribution in [0.3, 0.4) is 0 Å². The number of hydrogen-bond donors (Lipinski definition) is 2. The van der Waals surface area contributed by atoms with Crippen LogP contribution < -0.4 is 5.14 Å². The normalized spacial score (nSPS) is 9.16. The molecule has 0 bridgehead atoms. The van der Waals surface area contributed by atoms with Crippen LogP contribution in [0.25, 0.3) is 0 Å². The summed E-state index contributed by atoms with van der Waals surface area (Å²) in [5, 5.41) is 14.1. The van der Waals surface area contributed by atoms with Crippen molar-refractivity contribution in [3.63, 3.8) is 0 Å². The average Bonchev–Trinajstić information content (AvgIpc) is 2.76. The standard InChI is InChI=1S/C16H19N3O4S.3CO.Tc/c17-24(22,23)15-6-4-13(5-7-15)8-10-19(12-16(20)21)11-14-3-1-2-9-18-14;3*1-2;/h1-7,9H,8,10-12H2,(H,20,21)(H2,17,22,23);;;;/i;;;;1+1. The van der Waals surface area contributed by atoms with E-state index >= 15 is 0 Å². The number of benzene rings is 1. The van der Waals surface area contributed by atoms with E-state index in [2.05, 4.69) is 24.9 Å². The molecular weight excluding hydrogens is 513 g/mol. The SMILES string of the molecule is NS(=O)(=O)c1ccc(CCN(CC(=O)O)Cc2ccccn2)cc1.[99Tc].[C-]#[O+].[C-]#[O+].[C-]#[O+]. The van der Waals surface area contributed by atoms with Gasteiger partial charge in [0.2, 0.25) is 10.0 Å². The number of carboxylic acids is 1. The molecule has 1 aromatic carbocycles. The Labute approximate surface area is 194 Å². The van der Waals surface area contributed by atoms with E-state index in [1.54, 1.807) is 29.3 Å². The van der Waals surface area contributed by atoms with E-state index in [0.29, 0.717) is 19.5 Å². The molecule has 0 saturated carbocycles. The first-order valence-electron chi connectivity index (χ1n) is 7.91. The van der Waals surface area contributed by atoms with E-state index in [4.69, 9.17) is 24.2 Å². The van der Waals surface area contributed by atoms with Crippen LogP contribution >= 0.6 is 0 Å². The Hall–Kier alpha value is -2.42. The van der Waals surface area contributed by atoms with E-state index < -0.39 is 16.0 Å². The predicted octanol–water partition coefficient (Wildman–Crippen LogP) is 0.743. The Bertz CT molecular complexity index is 901. The number of carboxylic acid groups (broad SMARTS) is 1. The summed E-state index contributed by atoms with van der Waals surface area (Å²) < 4.78 is 45.0. The number of rotatable bonds is 8. The van der Waals surface area contributed by atoms with Crippen molar-refractivity contribution in [1.29, 1.82) is 0 Å². The fraction of sp³-hybridized carbons (Fsp3) is 0.211. The molecule has 0 fully saturated rings. The number of aliphatic carboxylic acids is 1. The number of nitrogens with two attached hydrogens (primary N) is 1. The second-order valence-corrected chi connectivity index (χ2v) is 6.93. The van der Waals surface area contributed by atoms with Crippen molar-refractivity contribution in [2.75, 3.05) is 13.1 Å². The summed E-state index contributed by atoms with van der Waals surface area (Å²) in [4.78, 5) is 17.1. The summed E-state index contributed by atoms with van der Waals surface area (Å²) in [7, 11) is -3.70. The van der Waals surface area contributed by atoms with Crippen LogP contribution in [-0.4, -0.2) is 42.5 Å². The molecule has 0 atom stereocenters. The number of hydrogen-bond acceptors (Lipinski definition) is 5. The number of carbonyl (C=O) groups is 1. The summed E-state index contributed by atoms with van der Waals surface area (Å²) in [5.41, 5.74) is 1.70. The van der Waals surface area contributed by atoms with Gasteiger partial charge in [-0.2, -0.15) is 0 Å². The molecule has 0 unspecified atom stereocenters. The Morgan fingerprint density at radius 3 is 2.00 bits per heavy atom. The van der Waals surface area contributed by atoms with Crippen LogP contribution in [0.15, 0.2) is 53.6 Å². The van der Waals surface area contributed by atoms with Gasteiger partial charge in [0, 0.05) is 39.4 Å². The fourth-order valence-corrected chi connectivity index (χ4v) is 2.77. The Balaban J connectivity index is -0.00000103. The van der Waals surface area contributed by atoms with Gasteiger partial charge in [0.1, 0.15) is 0 Å². The first-order chi connectivity index (χ1) is 14.3. The number of pyridine rings is 1. The Morgan fingerprint density at radius 1 is 1.03 bits per heavy atom.